The lowest BCUT2D eigenvalue weighted by Crippen LogP contribution is -2.40. The molecule has 4 nitrogen and oxygen atoms in total. The number of ketones is 1. The smallest absolute Gasteiger partial charge is 0.336 e. The molecule has 0 bridgehead atoms. The van der Waals surface area contributed by atoms with E-state index in [1.165, 1.54) is 6.92 Å². The van der Waals surface area contributed by atoms with Crippen molar-refractivity contribution in [2.45, 2.75) is 31.8 Å². The van der Waals surface area contributed by atoms with Crippen LogP contribution in [-0.4, -0.2) is 27.6 Å². The van der Waals surface area contributed by atoms with E-state index in [0.717, 1.165) is 5.56 Å². The summed E-state index contributed by atoms with van der Waals surface area (Å²) in [6.45, 7) is 1.26. The Morgan fingerprint density at radius 3 is 2.28 bits per heavy atom. The molecular formula is C13H15ClO4. The molecule has 1 unspecified atom stereocenters. The summed E-state index contributed by atoms with van der Waals surface area (Å²) in [6, 6.07) is 6.92. The van der Waals surface area contributed by atoms with Crippen molar-refractivity contribution in [3.63, 3.8) is 0 Å². The molecule has 0 aliphatic carbocycles. The molecule has 0 saturated carbocycles. The molecule has 0 aliphatic heterocycles. The maximum Gasteiger partial charge on any atom is 0.336 e. The van der Waals surface area contributed by atoms with Crippen molar-refractivity contribution in [1.82, 2.24) is 0 Å². The van der Waals surface area contributed by atoms with Gasteiger partial charge in [-0.1, -0.05) is 23.7 Å². The van der Waals surface area contributed by atoms with Crippen LogP contribution in [0.2, 0.25) is 5.02 Å². The van der Waals surface area contributed by atoms with Gasteiger partial charge in [0.25, 0.3) is 0 Å². The summed E-state index contributed by atoms with van der Waals surface area (Å²) in [5.41, 5.74) is -1.13. The van der Waals surface area contributed by atoms with Crippen LogP contribution < -0.4 is 0 Å². The molecule has 1 rings (SSSR count). The van der Waals surface area contributed by atoms with Crippen LogP contribution in [0.5, 0.6) is 0 Å². The number of benzene rings is 1. The van der Waals surface area contributed by atoms with E-state index in [9.17, 15) is 14.7 Å². The average molecular weight is 271 g/mol. The SMILES string of the molecule is CC(=O)CC(O)(CCc1ccc(Cl)cc1)C(=O)O. The van der Waals surface area contributed by atoms with Gasteiger partial charge < -0.3 is 10.2 Å². The predicted octanol–water partition coefficient (Wildman–Crippen LogP) is 2.07. The highest BCUT2D eigenvalue weighted by Gasteiger charge is 2.36. The molecular weight excluding hydrogens is 256 g/mol. The summed E-state index contributed by atoms with van der Waals surface area (Å²) in [4.78, 5) is 22.0. The number of rotatable bonds is 6. The largest absolute Gasteiger partial charge is 0.479 e. The first-order valence-electron chi connectivity index (χ1n) is 5.53. The fourth-order valence-corrected chi connectivity index (χ4v) is 1.81. The van der Waals surface area contributed by atoms with Crippen LogP contribution in [0.25, 0.3) is 0 Å². The fraction of sp³-hybridized carbons (Fsp3) is 0.385. The highest BCUT2D eigenvalue weighted by molar-refractivity contribution is 6.30. The van der Waals surface area contributed by atoms with Gasteiger partial charge in [-0.3, -0.25) is 4.79 Å². The first-order valence-corrected chi connectivity index (χ1v) is 5.91. The van der Waals surface area contributed by atoms with Gasteiger partial charge in [0, 0.05) is 11.4 Å². The Morgan fingerprint density at radius 1 is 1.28 bits per heavy atom. The number of aliphatic carboxylic acids is 1. The van der Waals surface area contributed by atoms with Crippen molar-refractivity contribution in [3.05, 3.63) is 34.9 Å². The zero-order chi connectivity index (χ0) is 13.8. The van der Waals surface area contributed by atoms with Crippen LogP contribution >= 0.6 is 11.6 Å². The third-order valence-corrected chi connectivity index (χ3v) is 2.93. The molecule has 1 atom stereocenters. The second-order valence-corrected chi connectivity index (χ2v) is 4.78. The standard InChI is InChI=1S/C13H15ClO4/c1-9(15)8-13(18,12(16)17)7-6-10-2-4-11(14)5-3-10/h2-5,18H,6-8H2,1H3,(H,16,17). The molecule has 0 saturated heterocycles. The Labute approximate surface area is 110 Å². The topological polar surface area (TPSA) is 74.6 Å². The number of aryl methyl sites for hydroxylation is 1. The molecule has 18 heavy (non-hydrogen) atoms. The van der Waals surface area contributed by atoms with Crippen molar-refractivity contribution in [2.75, 3.05) is 0 Å². The minimum atomic E-state index is -1.99. The van der Waals surface area contributed by atoms with Gasteiger partial charge in [0.15, 0.2) is 5.60 Å². The van der Waals surface area contributed by atoms with E-state index >= 15 is 0 Å². The normalized spacial score (nSPS) is 13.9. The molecule has 0 aliphatic rings. The highest BCUT2D eigenvalue weighted by Crippen LogP contribution is 2.20. The molecule has 0 spiro atoms. The summed E-state index contributed by atoms with van der Waals surface area (Å²) in [5, 5.41) is 19.5. The van der Waals surface area contributed by atoms with Crippen molar-refractivity contribution in [3.8, 4) is 0 Å². The molecule has 98 valence electrons. The first kappa shape index (κ1) is 14.7. The number of carboxylic acid groups (broad SMARTS) is 1. The van der Waals surface area contributed by atoms with Crippen LogP contribution in [0.1, 0.15) is 25.3 Å². The van der Waals surface area contributed by atoms with E-state index in [2.05, 4.69) is 0 Å². The third-order valence-electron chi connectivity index (χ3n) is 2.68. The van der Waals surface area contributed by atoms with Crippen LogP contribution in [0.4, 0.5) is 0 Å². The van der Waals surface area contributed by atoms with Crippen molar-refractivity contribution >= 4 is 23.4 Å². The van der Waals surface area contributed by atoms with Gasteiger partial charge in [-0.05, 0) is 37.5 Å². The first-order chi connectivity index (χ1) is 8.33. The van der Waals surface area contributed by atoms with Gasteiger partial charge in [-0.2, -0.15) is 0 Å². The Bertz CT molecular complexity index is 441. The molecule has 0 heterocycles. The number of carbonyl (C=O) groups excluding carboxylic acids is 1. The lowest BCUT2D eigenvalue weighted by molar-refractivity contribution is -0.161. The molecule has 0 fully saturated rings. The Morgan fingerprint density at radius 2 is 1.83 bits per heavy atom. The summed E-state index contributed by atoms with van der Waals surface area (Å²) in [6.07, 6.45) is -0.0211. The summed E-state index contributed by atoms with van der Waals surface area (Å²) in [5.74, 6) is -1.72. The number of Topliss-reactive ketones (excluding diaryl/α,β-unsaturated/α-hetero) is 1. The van der Waals surface area contributed by atoms with Crippen molar-refractivity contribution in [2.24, 2.45) is 0 Å². The summed E-state index contributed by atoms with van der Waals surface area (Å²) in [7, 11) is 0. The predicted molar refractivity (Wildman–Crippen MR) is 67.7 cm³/mol. The maximum atomic E-state index is 11.0. The van der Waals surface area contributed by atoms with Crippen LogP contribution in [0.3, 0.4) is 0 Å². The maximum absolute atomic E-state index is 11.0. The van der Waals surface area contributed by atoms with Crippen LogP contribution in [0, 0.1) is 0 Å². The number of carboxylic acids is 1. The van der Waals surface area contributed by atoms with Crippen molar-refractivity contribution in [1.29, 1.82) is 0 Å². The van der Waals surface area contributed by atoms with Gasteiger partial charge in [0.1, 0.15) is 5.78 Å². The number of hydrogen-bond donors (Lipinski definition) is 2. The number of halogens is 1. The fourth-order valence-electron chi connectivity index (χ4n) is 1.68. The van der Waals surface area contributed by atoms with Crippen LogP contribution in [-0.2, 0) is 16.0 Å². The molecule has 0 amide bonds. The average Bonchev–Trinajstić information content (AvgIpc) is 2.27. The van der Waals surface area contributed by atoms with E-state index in [1.54, 1.807) is 24.3 Å². The van der Waals surface area contributed by atoms with E-state index in [4.69, 9.17) is 16.7 Å². The molecule has 0 aromatic heterocycles. The minimum absolute atomic E-state index is 0.0104. The molecule has 0 radical (unpaired) electrons. The minimum Gasteiger partial charge on any atom is -0.479 e. The quantitative estimate of drug-likeness (QED) is 0.830. The lowest BCUT2D eigenvalue weighted by Gasteiger charge is -2.22. The van der Waals surface area contributed by atoms with Gasteiger partial charge in [-0.15, -0.1) is 0 Å². The lowest BCUT2D eigenvalue weighted by atomic mass is 9.90. The van der Waals surface area contributed by atoms with E-state index in [-0.39, 0.29) is 18.6 Å². The monoisotopic (exact) mass is 270 g/mol. The van der Waals surface area contributed by atoms with Gasteiger partial charge in [0.2, 0.25) is 0 Å². The Hall–Kier alpha value is -1.39. The van der Waals surface area contributed by atoms with Gasteiger partial charge >= 0.3 is 5.97 Å². The molecule has 1 aromatic rings. The zero-order valence-corrected chi connectivity index (χ0v) is 10.8. The van der Waals surface area contributed by atoms with E-state index < -0.39 is 11.6 Å². The summed E-state index contributed by atoms with van der Waals surface area (Å²) < 4.78 is 0. The summed E-state index contributed by atoms with van der Waals surface area (Å²) >= 11 is 5.73. The second kappa shape index (κ2) is 5.98. The van der Waals surface area contributed by atoms with Gasteiger partial charge in [-0.25, -0.2) is 4.79 Å². The van der Waals surface area contributed by atoms with E-state index in [0.29, 0.717) is 11.4 Å². The molecule has 1 aromatic carbocycles. The number of aliphatic hydroxyl groups is 1. The Kier molecular flexibility index (Phi) is 4.87. The zero-order valence-electron chi connectivity index (χ0n) is 10.0. The van der Waals surface area contributed by atoms with Crippen molar-refractivity contribution < 1.29 is 19.8 Å². The van der Waals surface area contributed by atoms with Crippen LogP contribution in [0.15, 0.2) is 24.3 Å². The molecule has 2 N–H and O–H groups in total. The third kappa shape index (κ3) is 4.13. The molecule has 5 heteroatoms. The number of hydrogen-bond acceptors (Lipinski definition) is 3. The van der Waals surface area contributed by atoms with Gasteiger partial charge in [0.05, 0.1) is 0 Å². The second-order valence-electron chi connectivity index (χ2n) is 4.34. The highest BCUT2D eigenvalue weighted by atomic mass is 35.5. The number of carbonyl (C=O) groups is 2. The van der Waals surface area contributed by atoms with E-state index in [1.807, 2.05) is 0 Å². The Balaban J connectivity index is 2.71.